The highest BCUT2D eigenvalue weighted by atomic mass is 35.5. The highest BCUT2D eigenvalue weighted by Gasteiger charge is 2.43. The van der Waals surface area contributed by atoms with Crippen molar-refractivity contribution in [2.45, 2.75) is 72.3 Å². The van der Waals surface area contributed by atoms with Crippen molar-refractivity contribution in [3.05, 3.63) is 62.9 Å². The number of amidine groups is 1. The summed E-state index contributed by atoms with van der Waals surface area (Å²) < 4.78 is 17.8. The van der Waals surface area contributed by atoms with Crippen molar-refractivity contribution in [2.75, 3.05) is 33.4 Å². The molecule has 0 atom stereocenters. The van der Waals surface area contributed by atoms with Crippen molar-refractivity contribution in [1.82, 2.24) is 14.8 Å². The zero-order valence-corrected chi connectivity index (χ0v) is 30.3. The largest absolute Gasteiger partial charge is 0.491 e. The van der Waals surface area contributed by atoms with Gasteiger partial charge in [-0.3, -0.25) is 4.98 Å². The van der Waals surface area contributed by atoms with Gasteiger partial charge in [0.1, 0.15) is 29.5 Å². The molecule has 0 N–H and O–H groups in total. The van der Waals surface area contributed by atoms with Crippen LogP contribution in [-0.4, -0.2) is 77.6 Å². The Morgan fingerprint density at radius 1 is 1.10 bits per heavy atom. The summed E-state index contributed by atoms with van der Waals surface area (Å²) in [6.45, 7) is 11.3. The molecule has 2 aliphatic heterocycles. The Bertz CT molecular complexity index is 1930. The number of rotatable bonds is 6. The van der Waals surface area contributed by atoms with Crippen LogP contribution < -0.4 is 4.74 Å². The van der Waals surface area contributed by atoms with Crippen LogP contribution in [0.1, 0.15) is 75.9 Å². The van der Waals surface area contributed by atoms with Crippen LogP contribution in [-0.2, 0) is 14.3 Å². The third kappa shape index (κ3) is 7.11. The van der Waals surface area contributed by atoms with Crippen LogP contribution in [0.15, 0.2) is 51.6 Å². The summed E-state index contributed by atoms with van der Waals surface area (Å²) in [5.41, 5.74) is 5.21. The summed E-state index contributed by atoms with van der Waals surface area (Å²) in [7, 11) is 1.35. The van der Waals surface area contributed by atoms with E-state index in [1.54, 1.807) is 16.3 Å². The maximum Gasteiger partial charge on any atom is 0.410 e. The molecule has 12 heteroatoms. The smallest absolute Gasteiger partial charge is 0.410 e. The third-order valence-electron chi connectivity index (χ3n) is 9.47. The van der Waals surface area contributed by atoms with Crippen molar-refractivity contribution in [2.24, 2.45) is 10.4 Å². The first-order valence-corrected chi connectivity index (χ1v) is 17.8. The van der Waals surface area contributed by atoms with Gasteiger partial charge in [0.2, 0.25) is 0 Å². The molecular weight excluding hydrogens is 664 g/mol. The highest BCUT2D eigenvalue weighted by Crippen LogP contribution is 2.50. The summed E-state index contributed by atoms with van der Waals surface area (Å²) in [5, 5.41) is 2.30. The maximum atomic E-state index is 12.7. The minimum atomic E-state index is -0.537. The van der Waals surface area contributed by atoms with Crippen LogP contribution in [0.2, 0.25) is 5.02 Å². The molecule has 0 radical (unpaired) electrons. The summed E-state index contributed by atoms with van der Waals surface area (Å²) in [5.74, 6) is 3.15. The van der Waals surface area contributed by atoms with Crippen molar-refractivity contribution in [3.63, 3.8) is 0 Å². The number of benzene rings is 1. The first kappa shape index (κ1) is 34.7. The van der Waals surface area contributed by atoms with E-state index in [1.165, 1.54) is 18.4 Å². The minimum absolute atomic E-state index is 0.00980. The number of likely N-dealkylation sites (tertiary alicyclic amines) is 1. The van der Waals surface area contributed by atoms with Gasteiger partial charge in [0.25, 0.3) is 0 Å². The fourth-order valence-corrected chi connectivity index (χ4v) is 8.19. The number of esters is 1. The number of aromatic nitrogens is 1. The fraction of sp³-hybridized carbons (Fsp3) is 0.459. The number of allylic oxidation sites excluding steroid dienone is 2. The zero-order valence-electron chi connectivity index (χ0n) is 28.8. The minimum Gasteiger partial charge on any atom is -0.491 e. The van der Waals surface area contributed by atoms with Crippen LogP contribution in [0.25, 0.3) is 21.3 Å². The van der Waals surface area contributed by atoms with E-state index >= 15 is 0 Å². The number of hydrogen-bond donors (Lipinski definition) is 0. The van der Waals surface area contributed by atoms with Crippen LogP contribution in [0.4, 0.5) is 4.79 Å². The average molecular weight is 705 g/mol. The Balaban J connectivity index is 1.18. The second-order valence-corrected chi connectivity index (χ2v) is 15.3. The van der Waals surface area contributed by atoms with Gasteiger partial charge in [-0.25, -0.2) is 19.4 Å². The Hall–Kier alpha value is -4.18. The van der Waals surface area contributed by atoms with E-state index < -0.39 is 11.6 Å². The van der Waals surface area contributed by atoms with E-state index in [0.717, 1.165) is 70.7 Å². The molecule has 1 aromatic carbocycles. The standard InChI is InChI=1S/C37H41ClN4O6S/c1-22-17-26(33-32(39-22)28(21-49-33)34(44)46-6)25-18-24(38)7-8-31(25)47-16-15-42-23(2)40-29-9-10-37(19-27(29)30(42)20-43)11-13-41(14-12-37)35(45)48-36(3,4)5/h7-8,17-18,21H,9-16,19H2,1-6H3. The molecule has 4 heterocycles. The SMILES string of the molecule is COC(=O)c1csc2c(-c3cc(Cl)ccc3OCCN3C(=C=O)C4=C(CCC5(CCN(C(=O)OC(C)(C)C)CC5)C4)N=C3C)cc(C)nc12. The molecule has 1 saturated heterocycles. The van der Waals surface area contributed by atoms with E-state index in [2.05, 4.69) is 10.9 Å². The molecule has 1 fully saturated rings. The normalized spacial score (nSPS) is 17.5. The van der Waals surface area contributed by atoms with Gasteiger partial charge in [-0.1, -0.05) is 11.6 Å². The molecule has 3 aromatic rings. The number of halogens is 1. The van der Waals surface area contributed by atoms with Crippen LogP contribution in [0.3, 0.4) is 0 Å². The van der Waals surface area contributed by atoms with Crippen molar-refractivity contribution < 1.29 is 28.6 Å². The fourth-order valence-electron chi connectivity index (χ4n) is 7.01. The highest BCUT2D eigenvalue weighted by molar-refractivity contribution is 7.18. The Morgan fingerprint density at radius 2 is 1.86 bits per heavy atom. The number of nitrogens with zero attached hydrogens (tertiary/aromatic N) is 4. The molecule has 1 aliphatic carbocycles. The molecule has 258 valence electrons. The van der Waals surface area contributed by atoms with E-state index in [9.17, 15) is 14.4 Å². The first-order chi connectivity index (χ1) is 23.3. The number of amides is 1. The summed E-state index contributed by atoms with van der Waals surface area (Å²) >= 11 is 7.89. The van der Waals surface area contributed by atoms with Gasteiger partial charge in [0, 0.05) is 51.6 Å². The third-order valence-corrected chi connectivity index (χ3v) is 10.7. The first-order valence-electron chi connectivity index (χ1n) is 16.5. The molecule has 0 unspecified atom stereocenters. The lowest BCUT2D eigenvalue weighted by Crippen LogP contribution is -2.46. The van der Waals surface area contributed by atoms with Crippen molar-refractivity contribution in [1.29, 1.82) is 0 Å². The van der Waals surface area contributed by atoms with Crippen LogP contribution in [0, 0.1) is 12.3 Å². The molecule has 2 aromatic heterocycles. The lowest BCUT2D eigenvalue weighted by atomic mass is 9.66. The number of hydrogen-bond acceptors (Lipinski definition) is 10. The lowest BCUT2D eigenvalue weighted by Gasteiger charge is -2.46. The molecule has 0 bridgehead atoms. The Labute approximate surface area is 295 Å². The number of fused-ring (bicyclic) bond motifs is 1. The van der Waals surface area contributed by atoms with Gasteiger partial charge in [-0.15, -0.1) is 11.3 Å². The van der Waals surface area contributed by atoms with Gasteiger partial charge in [0.05, 0.1) is 29.4 Å². The number of aliphatic imine (C=N–C) groups is 1. The van der Waals surface area contributed by atoms with Gasteiger partial charge in [0.15, 0.2) is 5.94 Å². The quantitative estimate of drug-likeness (QED) is 0.188. The summed E-state index contributed by atoms with van der Waals surface area (Å²) in [6.07, 6.45) is 3.87. The molecule has 1 amide bonds. The molecule has 10 nitrogen and oxygen atoms in total. The Morgan fingerprint density at radius 3 is 2.55 bits per heavy atom. The maximum absolute atomic E-state index is 12.7. The number of aryl methyl sites for hydroxylation is 1. The van der Waals surface area contributed by atoms with Gasteiger partial charge < -0.3 is 24.0 Å². The number of methoxy groups -OCH3 is 1. The van der Waals surface area contributed by atoms with Crippen molar-refractivity contribution in [3.8, 4) is 16.9 Å². The number of pyridine rings is 1. The zero-order chi connectivity index (χ0) is 35.1. The molecule has 6 rings (SSSR count). The molecule has 3 aliphatic rings. The van der Waals surface area contributed by atoms with Crippen molar-refractivity contribution >= 4 is 57.0 Å². The molecular formula is C37H41ClN4O6S. The molecule has 0 saturated carbocycles. The molecule has 1 spiro atoms. The van der Waals surface area contributed by atoms with E-state index in [-0.39, 0.29) is 18.1 Å². The predicted octanol–water partition coefficient (Wildman–Crippen LogP) is 8.00. The van der Waals surface area contributed by atoms with Gasteiger partial charge in [-0.05, 0) is 96.4 Å². The average Bonchev–Trinajstić information content (AvgIpc) is 3.48. The number of thiophene rings is 1. The monoisotopic (exact) mass is 704 g/mol. The molecule has 49 heavy (non-hydrogen) atoms. The second kappa shape index (κ2) is 13.6. The predicted molar refractivity (Wildman–Crippen MR) is 191 cm³/mol. The van der Waals surface area contributed by atoms with E-state index in [4.69, 9.17) is 30.8 Å². The summed E-state index contributed by atoms with van der Waals surface area (Å²) in [4.78, 5) is 51.0. The lowest BCUT2D eigenvalue weighted by molar-refractivity contribution is 0.00810. The number of carbonyl (C=O) groups is 2. The van der Waals surface area contributed by atoms with Gasteiger partial charge >= 0.3 is 12.1 Å². The number of piperidine rings is 1. The van der Waals surface area contributed by atoms with Gasteiger partial charge in [-0.2, -0.15) is 0 Å². The number of carbonyl (C=O) groups excluding carboxylic acids is 3. The van der Waals surface area contributed by atoms with E-state index in [0.29, 0.717) is 47.2 Å². The Kier molecular flexibility index (Phi) is 9.63. The van der Waals surface area contributed by atoms with Crippen LogP contribution >= 0.6 is 22.9 Å². The van der Waals surface area contributed by atoms with E-state index in [1.807, 2.05) is 57.7 Å². The summed E-state index contributed by atoms with van der Waals surface area (Å²) in [6, 6.07) is 7.41. The second-order valence-electron chi connectivity index (χ2n) is 13.9. The number of ether oxygens (including phenoxy) is 3. The van der Waals surface area contributed by atoms with Crippen LogP contribution in [0.5, 0.6) is 5.75 Å². The topological polar surface area (TPSA) is 111 Å².